The monoisotopic (exact) mass is 304 g/mol. The van der Waals surface area contributed by atoms with E-state index < -0.39 is 5.91 Å². The lowest BCUT2D eigenvalue weighted by Gasteiger charge is -2.27. The van der Waals surface area contributed by atoms with E-state index in [1.807, 2.05) is 24.3 Å². The zero-order chi connectivity index (χ0) is 14.8. The minimum atomic E-state index is -0.449. The second-order valence-electron chi connectivity index (χ2n) is 4.33. The number of rotatable bonds is 3. The molecule has 8 heteroatoms. The second-order valence-corrected chi connectivity index (χ2v) is 5.35. The van der Waals surface area contributed by atoms with Crippen LogP contribution in [0.25, 0.3) is 0 Å². The quantitative estimate of drug-likeness (QED) is 0.912. The zero-order valence-corrected chi connectivity index (χ0v) is 12.0. The van der Waals surface area contributed by atoms with Crippen molar-refractivity contribution >= 4 is 29.3 Å². The molecule has 1 aromatic carbocycles. The van der Waals surface area contributed by atoms with Gasteiger partial charge < -0.3 is 14.7 Å². The number of anilines is 1. The summed E-state index contributed by atoms with van der Waals surface area (Å²) < 4.78 is 4.87. The summed E-state index contributed by atoms with van der Waals surface area (Å²) in [5.74, 6) is 0.0832. The molecule has 1 aliphatic heterocycles. The Morgan fingerprint density at radius 3 is 3.10 bits per heavy atom. The fourth-order valence-electron chi connectivity index (χ4n) is 1.99. The van der Waals surface area contributed by atoms with Crippen molar-refractivity contribution in [2.45, 2.75) is 11.4 Å². The summed E-state index contributed by atoms with van der Waals surface area (Å²) >= 11 is 1.51. The summed E-state index contributed by atoms with van der Waals surface area (Å²) in [4.78, 5) is 30.1. The van der Waals surface area contributed by atoms with E-state index in [1.165, 1.54) is 18.8 Å². The molecule has 0 atom stereocenters. The number of nitrogens with one attached hydrogen (secondary N) is 1. The van der Waals surface area contributed by atoms with Gasteiger partial charge in [0.15, 0.2) is 5.82 Å². The molecule has 2 amide bonds. The van der Waals surface area contributed by atoms with Gasteiger partial charge in [-0.1, -0.05) is 17.3 Å². The van der Waals surface area contributed by atoms with Gasteiger partial charge >= 0.3 is 11.8 Å². The molecule has 108 valence electrons. The Labute approximate surface area is 124 Å². The summed E-state index contributed by atoms with van der Waals surface area (Å²) in [6.07, 6.45) is 0. The number of hydrogen-bond donors (Lipinski definition) is 1. The maximum absolute atomic E-state index is 12.1. The van der Waals surface area contributed by atoms with Gasteiger partial charge in [0.25, 0.3) is 0 Å². The molecule has 1 N–H and O–H groups in total. The Morgan fingerprint density at radius 1 is 1.48 bits per heavy atom. The van der Waals surface area contributed by atoms with Gasteiger partial charge in [0.1, 0.15) is 0 Å². The first-order valence-corrected chi connectivity index (χ1v) is 7.24. The van der Waals surface area contributed by atoms with Crippen LogP contribution in [0.2, 0.25) is 0 Å². The average molecular weight is 304 g/mol. The Balaban J connectivity index is 1.86. The maximum Gasteiger partial charge on any atom is 0.315 e. The van der Waals surface area contributed by atoms with Crippen molar-refractivity contribution in [3.05, 3.63) is 36.0 Å². The number of amides is 2. The van der Waals surface area contributed by atoms with E-state index in [2.05, 4.69) is 15.5 Å². The molecule has 0 saturated carbocycles. The summed E-state index contributed by atoms with van der Waals surface area (Å²) in [6.45, 7) is 0.177. The van der Waals surface area contributed by atoms with Crippen LogP contribution < -0.4 is 10.2 Å². The van der Waals surface area contributed by atoms with Gasteiger partial charge in [0, 0.05) is 11.9 Å². The summed E-state index contributed by atoms with van der Waals surface area (Å²) in [6, 6.07) is 7.64. The maximum atomic E-state index is 12.1. The second kappa shape index (κ2) is 5.57. The first kappa shape index (κ1) is 13.6. The largest absolute Gasteiger partial charge is 0.351 e. The van der Waals surface area contributed by atoms with Crippen LogP contribution in [0.15, 0.2) is 33.7 Å². The van der Waals surface area contributed by atoms with Gasteiger partial charge in [-0.15, -0.1) is 11.8 Å². The van der Waals surface area contributed by atoms with Crippen LogP contribution in [0.1, 0.15) is 16.5 Å². The lowest BCUT2D eigenvalue weighted by Crippen LogP contribution is -2.35. The number of benzene rings is 1. The summed E-state index contributed by atoms with van der Waals surface area (Å²) in [7, 11) is 1.48. The molecular formula is C13H12N4O3S. The molecule has 7 nitrogen and oxygen atoms in total. The highest BCUT2D eigenvalue weighted by atomic mass is 32.2. The highest BCUT2D eigenvalue weighted by molar-refractivity contribution is 8.00. The van der Waals surface area contributed by atoms with Gasteiger partial charge in [-0.3, -0.25) is 9.59 Å². The van der Waals surface area contributed by atoms with E-state index in [0.29, 0.717) is 11.6 Å². The Morgan fingerprint density at radius 2 is 2.29 bits per heavy atom. The van der Waals surface area contributed by atoms with Crippen LogP contribution in [0, 0.1) is 0 Å². The van der Waals surface area contributed by atoms with Crippen LogP contribution >= 0.6 is 11.8 Å². The molecule has 0 aliphatic carbocycles. The lowest BCUT2D eigenvalue weighted by atomic mass is 10.2. The lowest BCUT2D eigenvalue weighted by molar-refractivity contribution is -0.116. The molecule has 1 aromatic heterocycles. The zero-order valence-electron chi connectivity index (χ0n) is 11.2. The smallest absolute Gasteiger partial charge is 0.315 e. The Bertz CT molecular complexity index is 700. The first-order chi connectivity index (χ1) is 10.2. The minimum Gasteiger partial charge on any atom is -0.351 e. The number of nitrogens with zero attached hydrogens (tertiary/aromatic N) is 3. The van der Waals surface area contributed by atoms with Gasteiger partial charge in [-0.2, -0.15) is 4.98 Å². The Kier molecular flexibility index (Phi) is 3.61. The topological polar surface area (TPSA) is 88.3 Å². The SMILES string of the molecule is CNC(=O)c1nc(CN2C(=O)CSc3ccccc32)no1. The van der Waals surface area contributed by atoms with Crippen molar-refractivity contribution in [3.8, 4) is 0 Å². The number of aromatic nitrogens is 2. The number of hydrogen-bond acceptors (Lipinski definition) is 6. The molecule has 2 aromatic rings. The van der Waals surface area contributed by atoms with E-state index in [9.17, 15) is 9.59 Å². The van der Waals surface area contributed by atoms with Gasteiger partial charge in [0.2, 0.25) is 5.91 Å². The van der Waals surface area contributed by atoms with E-state index in [-0.39, 0.29) is 18.3 Å². The predicted molar refractivity (Wildman–Crippen MR) is 76.0 cm³/mol. The van der Waals surface area contributed by atoms with Crippen LogP contribution in [-0.2, 0) is 11.3 Å². The van der Waals surface area contributed by atoms with E-state index >= 15 is 0 Å². The molecule has 0 saturated heterocycles. The highest BCUT2D eigenvalue weighted by Gasteiger charge is 2.26. The highest BCUT2D eigenvalue weighted by Crippen LogP contribution is 2.35. The van der Waals surface area contributed by atoms with Crippen molar-refractivity contribution in [3.63, 3.8) is 0 Å². The summed E-state index contributed by atoms with van der Waals surface area (Å²) in [5, 5.41) is 6.14. The molecule has 0 bridgehead atoms. The van der Waals surface area contributed by atoms with Crippen LogP contribution in [0.3, 0.4) is 0 Å². The van der Waals surface area contributed by atoms with Crippen molar-refractivity contribution in [2.75, 3.05) is 17.7 Å². The molecular weight excluding hydrogens is 292 g/mol. The molecule has 0 spiro atoms. The van der Waals surface area contributed by atoms with Gasteiger partial charge in [-0.05, 0) is 12.1 Å². The molecule has 0 radical (unpaired) electrons. The standard InChI is InChI=1S/C13H12N4O3S/c1-14-12(19)13-15-10(16-20-13)6-17-8-4-2-3-5-9(8)21-7-11(17)18/h2-5H,6-7H2,1H3,(H,14,19). The third kappa shape index (κ3) is 2.62. The number of para-hydroxylation sites is 1. The average Bonchev–Trinajstić information content (AvgIpc) is 2.98. The fourth-order valence-corrected chi connectivity index (χ4v) is 2.92. The van der Waals surface area contributed by atoms with Crippen molar-refractivity contribution in [1.29, 1.82) is 0 Å². The van der Waals surface area contributed by atoms with Crippen LogP contribution in [-0.4, -0.2) is 34.8 Å². The van der Waals surface area contributed by atoms with E-state index in [4.69, 9.17) is 4.52 Å². The van der Waals surface area contributed by atoms with Crippen molar-refractivity contribution < 1.29 is 14.1 Å². The van der Waals surface area contributed by atoms with E-state index in [1.54, 1.807) is 4.90 Å². The molecule has 21 heavy (non-hydrogen) atoms. The third-order valence-electron chi connectivity index (χ3n) is 3.00. The number of fused-ring (bicyclic) bond motifs is 1. The molecule has 1 aliphatic rings. The van der Waals surface area contributed by atoms with Crippen LogP contribution in [0.5, 0.6) is 0 Å². The Hall–Kier alpha value is -2.35. The van der Waals surface area contributed by atoms with Crippen molar-refractivity contribution in [2.24, 2.45) is 0 Å². The molecule has 0 fully saturated rings. The minimum absolute atomic E-state index is 0.0232. The van der Waals surface area contributed by atoms with E-state index in [0.717, 1.165) is 10.6 Å². The van der Waals surface area contributed by atoms with Gasteiger partial charge in [-0.25, -0.2) is 0 Å². The fraction of sp³-hybridized carbons (Fsp3) is 0.231. The molecule has 3 rings (SSSR count). The van der Waals surface area contributed by atoms with Gasteiger partial charge in [0.05, 0.1) is 18.0 Å². The van der Waals surface area contributed by atoms with Crippen molar-refractivity contribution in [1.82, 2.24) is 15.5 Å². The number of carbonyl (C=O) groups is 2. The van der Waals surface area contributed by atoms with Crippen LogP contribution in [0.4, 0.5) is 5.69 Å². The summed E-state index contributed by atoms with van der Waals surface area (Å²) in [5.41, 5.74) is 0.824. The number of carbonyl (C=O) groups excluding carboxylic acids is 2. The molecule has 2 heterocycles. The first-order valence-electron chi connectivity index (χ1n) is 6.26. The third-order valence-corrected chi connectivity index (χ3v) is 4.04. The number of thioether (sulfide) groups is 1. The molecule has 0 unspecified atom stereocenters. The predicted octanol–water partition coefficient (Wildman–Crippen LogP) is 1.07. The normalized spacial score (nSPS) is 14.0.